The minimum atomic E-state index is 0.880. The largest absolute Gasteiger partial charge is 0.453 e. The molecular weight excluding hydrogens is 378 g/mol. The van der Waals surface area contributed by atoms with Crippen molar-refractivity contribution < 1.29 is 4.42 Å². The number of para-hydroxylation sites is 1. The lowest BCUT2D eigenvalue weighted by molar-refractivity contribution is 0.671. The van der Waals surface area contributed by atoms with Gasteiger partial charge in [-0.05, 0) is 47.5 Å². The predicted molar refractivity (Wildman–Crippen MR) is 131 cm³/mol. The van der Waals surface area contributed by atoms with Gasteiger partial charge in [-0.15, -0.1) is 0 Å². The van der Waals surface area contributed by atoms with Crippen LogP contribution in [0.1, 0.15) is 5.56 Å². The Morgan fingerprint density at radius 2 is 1.35 bits per heavy atom. The van der Waals surface area contributed by atoms with Gasteiger partial charge in [-0.25, -0.2) is 0 Å². The van der Waals surface area contributed by atoms with E-state index >= 15 is 0 Å². The van der Waals surface area contributed by atoms with Crippen LogP contribution in [-0.2, 0) is 0 Å². The average Bonchev–Trinajstić information content (AvgIpc) is 3.19. The highest BCUT2D eigenvalue weighted by atomic mass is 16.3. The fourth-order valence-corrected chi connectivity index (χ4v) is 4.38. The van der Waals surface area contributed by atoms with Gasteiger partial charge in [-0.2, -0.15) is 0 Å². The van der Waals surface area contributed by atoms with E-state index in [0.29, 0.717) is 0 Å². The molecule has 0 unspecified atom stereocenters. The van der Waals surface area contributed by atoms with Crippen LogP contribution in [0.3, 0.4) is 0 Å². The topological polar surface area (TPSA) is 25.2 Å². The predicted octanol–water partition coefficient (Wildman–Crippen LogP) is 8.46. The quantitative estimate of drug-likeness (QED) is 0.323. The number of furan rings is 1. The SMILES string of the molecule is Cc1ccc(Nc2cccc3c2oc2c(-c4ccccc4)c4ccccc4cc23)cc1. The zero-order valence-corrected chi connectivity index (χ0v) is 17.2. The Morgan fingerprint density at radius 1 is 0.613 bits per heavy atom. The van der Waals surface area contributed by atoms with Crippen molar-refractivity contribution >= 4 is 44.1 Å². The number of hydrogen-bond donors (Lipinski definition) is 1. The van der Waals surface area contributed by atoms with Crippen LogP contribution in [-0.4, -0.2) is 0 Å². The minimum absolute atomic E-state index is 0.880. The van der Waals surface area contributed by atoms with Gasteiger partial charge in [0.25, 0.3) is 0 Å². The van der Waals surface area contributed by atoms with Crippen LogP contribution in [0, 0.1) is 6.92 Å². The van der Waals surface area contributed by atoms with Crippen molar-refractivity contribution in [1.82, 2.24) is 0 Å². The highest BCUT2D eigenvalue weighted by Gasteiger charge is 2.17. The molecule has 1 N–H and O–H groups in total. The molecule has 0 aliphatic rings. The molecule has 5 aromatic carbocycles. The number of anilines is 2. The summed E-state index contributed by atoms with van der Waals surface area (Å²) in [5.41, 5.74) is 7.38. The Bertz CT molecular complexity index is 1540. The second kappa shape index (κ2) is 7.03. The van der Waals surface area contributed by atoms with E-state index in [9.17, 15) is 0 Å². The Morgan fingerprint density at radius 3 is 2.19 bits per heavy atom. The third-order valence-corrected chi connectivity index (χ3v) is 5.90. The summed E-state index contributed by atoms with van der Waals surface area (Å²) in [5.74, 6) is 0. The highest BCUT2D eigenvalue weighted by molar-refractivity contribution is 6.19. The van der Waals surface area contributed by atoms with Crippen LogP contribution in [0.25, 0.3) is 43.8 Å². The van der Waals surface area contributed by atoms with Crippen molar-refractivity contribution in [3.05, 3.63) is 109 Å². The number of aryl methyl sites for hydroxylation is 1. The summed E-state index contributed by atoms with van der Waals surface area (Å²) in [5, 5.41) is 8.22. The molecule has 6 aromatic rings. The molecule has 0 aliphatic carbocycles. The van der Waals surface area contributed by atoms with Crippen molar-refractivity contribution in [1.29, 1.82) is 0 Å². The van der Waals surface area contributed by atoms with E-state index in [1.807, 2.05) is 6.07 Å². The molecule has 6 rings (SSSR count). The van der Waals surface area contributed by atoms with Crippen LogP contribution >= 0.6 is 0 Å². The molecule has 0 fully saturated rings. The molecule has 0 atom stereocenters. The first kappa shape index (κ1) is 17.8. The van der Waals surface area contributed by atoms with E-state index in [-0.39, 0.29) is 0 Å². The zero-order valence-electron chi connectivity index (χ0n) is 17.2. The molecule has 0 radical (unpaired) electrons. The number of hydrogen-bond acceptors (Lipinski definition) is 2. The van der Waals surface area contributed by atoms with Gasteiger partial charge in [0, 0.05) is 22.0 Å². The third-order valence-electron chi connectivity index (χ3n) is 5.90. The minimum Gasteiger partial charge on any atom is -0.453 e. The van der Waals surface area contributed by atoms with Gasteiger partial charge in [-0.1, -0.05) is 84.4 Å². The maximum Gasteiger partial charge on any atom is 0.158 e. The van der Waals surface area contributed by atoms with E-state index in [4.69, 9.17) is 4.42 Å². The molecule has 2 nitrogen and oxygen atoms in total. The van der Waals surface area contributed by atoms with Crippen LogP contribution in [0.15, 0.2) is 108 Å². The molecule has 1 aromatic heterocycles. The zero-order chi connectivity index (χ0) is 20.8. The van der Waals surface area contributed by atoms with Gasteiger partial charge in [0.05, 0.1) is 5.69 Å². The summed E-state index contributed by atoms with van der Waals surface area (Å²) in [6.07, 6.45) is 0. The monoisotopic (exact) mass is 399 g/mol. The molecule has 0 bridgehead atoms. The molecular formula is C29H21NO. The lowest BCUT2D eigenvalue weighted by Crippen LogP contribution is -1.90. The van der Waals surface area contributed by atoms with Gasteiger partial charge in [-0.3, -0.25) is 0 Å². The molecule has 0 aliphatic heterocycles. The Balaban J connectivity index is 1.66. The van der Waals surface area contributed by atoms with Crippen LogP contribution in [0.2, 0.25) is 0 Å². The molecule has 0 spiro atoms. The normalized spacial score (nSPS) is 11.4. The average molecular weight is 399 g/mol. The number of fused-ring (bicyclic) bond motifs is 4. The first-order valence-corrected chi connectivity index (χ1v) is 10.5. The van der Waals surface area contributed by atoms with E-state index in [2.05, 4.69) is 109 Å². The Labute approximate surface area is 180 Å². The number of nitrogens with one attached hydrogen (secondary N) is 1. The van der Waals surface area contributed by atoms with Gasteiger partial charge < -0.3 is 9.73 Å². The summed E-state index contributed by atoms with van der Waals surface area (Å²) in [4.78, 5) is 0. The second-order valence-corrected chi connectivity index (χ2v) is 7.99. The van der Waals surface area contributed by atoms with Crippen molar-refractivity contribution in [2.75, 3.05) is 5.32 Å². The fourth-order valence-electron chi connectivity index (χ4n) is 4.38. The van der Waals surface area contributed by atoms with Crippen LogP contribution in [0.5, 0.6) is 0 Å². The standard InChI is InChI=1S/C29H21NO/c1-19-14-16-22(17-15-19)30-26-13-7-12-24-25-18-21-10-5-6-11-23(21)27(29(25)31-28(24)26)20-8-3-2-4-9-20/h2-18,30H,1H3. The van der Waals surface area contributed by atoms with E-state index in [0.717, 1.165) is 44.4 Å². The molecule has 148 valence electrons. The lowest BCUT2D eigenvalue weighted by atomic mass is 9.95. The summed E-state index contributed by atoms with van der Waals surface area (Å²) in [6.45, 7) is 2.10. The fraction of sp³-hybridized carbons (Fsp3) is 0.0345. The molecule has 1 heterocycles. The highest BCUT2D eigenvalue weighted by Crippen LogP contribution is 2.43. The summed E-state index contributed by atoms with van der Waals surface area (Å²) < 4.78 is 6.61. The smallest absolute Gasteiger partial charge is 0.158 e. The number of rotatable bonds is 3. The van der Waals surface area contributed by atoms with E-state index in [1.54, 1.807) is 0 Å². The van der Waals surface area contributed by atoms with Gasteiger partial charge in [0.15, 0.2) is 5.58 Å². The first-order valence-electron chi connectivity index (χ1n) is 10.5. The Hall–Kier alpha value is -4.04. The molecule has 0 amide bonds. The molecule has 31 heavy (non-hydrogen) atoms. The maximum absolute atomic E-state index is 6.61. The van der Waals surface area contributed by atoms with Crippen molar-refractivity contribution in [3.63, 3.8) is 0 Å². The van der Waals surface area contributed by atoms with Gasteiger partial charge >= 0.3 is 0 Å². The molecule has 2 heteroatoms. The van der Waals surface area contributed by atoms with Gasteiger partial charge in [0.1, 0.15) is 5.58 Å². The van der Waals surface area contributed by atoms with Gasteiger partial charge in [0.2, 0.25) is 0 Å². The van der Waals surface area contributed by atoms with Crippen molar-refractivity contribution in [2.45, 2.75) is 6.92 Å². The van der Waals surface area contributed by atoms with E-state index < -0.39 is 0 Å². The van der Waals surface area contributed by atoms with Crippen LogP contribution in [0.4, 0.5) is 11.4 Å². The van der Waals surface area contributed by atoms with E-state index in [1.165, 1.54) is 16.3 Å². The summed E-state index contributed by atoms with van der Waals surface area (Å²) in [6, 6.07) is 36.0. The first-order chi connectivity index (χ1) is 15.3. The summed E-state index contributed by atoms with van der Waals surface area (Å²) in [7, 11) is 0. The second-order valence-electron chi connectivity index (χ2n) is 7.99. The Kier molecular flexibility index (Phi) is 4.03. The summed E-state index contributed by atoms with van der Waals surface area (Å²) >= 11 is 0. The maximum atomic E-state index is 6.61. The third kappa shape index (κ3) is 2.96. The lowest BCUT2D eigenvalue weighted by Gasteiger charge is -2.08. The van der Waals surface area contributed by atoms with Crippen LogP contribution < -0.4 is 5.32 Å². The van der Waals surface area contributed by atoms with Crippen molar-refractivity contribution in [3.8, 4) is 11.1 Å². The number of benzene rings is 5. The molecule has 0 saturated heterocycles. The molecule has 0 saturated carbocycles. The van der Waals surface area contributed by atoms with Crippen molar-refractivity contribution in [2.24, 2.45) is 0 Å².